The van der Waals surface area contributed by atoms with Crippen molar-refractivity contribution in [1.29, 1.82) is 0 Å². The third-order valence-corrected chi connectivity index (χ3v) is 1.42. The summed E-state index contributed by atoms with van der Waals surface area (Å²) in [6, 6.07) is 0. The molecule has 1 aromatic heterocycles. The Bertz CT molecular complexity index is 209. The smallest absolute Gasteiger partial charge is 0.359 e. The van der Waals surface area contributed by atoms with Crippen LogP contribution in [0, 0.1) is 0 Å². The van der Waals surface area contributed by atoms with E-state index in [-0.39, 0.29) is 5.69 Å². The van der Waals surface area contributed by atoms with Gasteiger partial charge in [0.2, 0.25) is 0 Å². The molecule has 0 unspecified atom stereocenters. The number of rotatable bonds is 2. The van der Waals surface area contributed by atoms with Crippen molar-refractivity contribution >= 4 is 17.3 Å². The minimum Gasteiger partial charge on any atom is -0.434 e. The highest BCUT2D eigenvalue weighted by Crippen LogP contribution is 2.01. The first-order chi connectivity index (χ1) is 4.84. The molecule has 1 heterocycles. The van der Waals surface area contributed by atoms with Crippen molar-refractivity contribution in [3.63, 3.8) is 0 Å². The first kappa shape index (κ1) is 7.17. The molecule has 0 bridgehead atoms. The number of aliphatic hydroxyl groups excluding tert-OH is 1. The van der Waals surface area contributed by atoms with E-state index in [1.54, 1.807) is 5.38 Å². The average molecular weight is 159 g/mol. The number of nitrogens with zero attached hydrogens (tertiary/aromatic N) is 1. The van der Waals surface area contributed by atoms with Crippen molar-refractivity contribution in [1.82, 2.24) is 4.98 Å². The Labute approximate surface area is 61.1 Å². The molecule has 0 atom stereocenters. The lowest BCUT2D eigenvalue weighted by atomic mass is 10.5. The van der Waals surface area contributed by atoms with Crippen LogP contribution < -0.4 is 0 Å². The van der Waals surface area contributed by atoms with Gasteiger partial charge >= 0.3 is 5.97 Å². The zero-order valence-corrected chi connectivity index (χ0v) is 5.80. The number of hydrogen-bond donors (Lipinski definition) is 1. The van der Waals surface area contributed by atoms with E-state index < -0.39 is 12.8 Å². The molecule has 1 rings (SSSR count). The molecule has 0 spiro atoms. The van der Waals surface area contributed by atoms with E-state index in [2.05, 4.69) is 9.72 Å². The zero-order valence-electron chi connectivity index (χ0n) is 4.98. The monoisotopic (exact) mass is 159 g/mol. The molecule has 4 nitrogen and oxygen atoms in total. The van der Waals surface area contributed by atoms with Gasteiger partial charge in [0, 0.05) is 5.38 Å². The van der Waals surface area contributed by atoms with Gasteiger partial charge < -0.3 is 9.84 Å². The Morgan fingerprint density at radius 3 is 3.20 bits per heavy atom. The fraction of sp³-hybridized carbons (Fsp3) is 0.200. The number of esters is 1. The fourth-order valence-electron chi connectivity index (χ4n) is 0.446. The molecule has 10 heavy (non-hydrogen) atoms. The molecule has 1 aromatic rings. The highest BCUT2D eigenvalue weighted by Gasteiger charge is 2.06. The maximum absolute atomic E-state index is 10.7. The normalized spacial score (nSPS) is 9.30. The van der Waals surface area contributed by atoms with Gasteiger partial charge in [-0.15, -0.1) is 11.3 Å². The number of hydrogen-bond acceptors (Lipinski definition) is 5. The summed E-state index contributed by atoms with van der Waals surface area (Å²) in [4.78, 5) is 14.3. The summed E-state index contributed by atoms with van der Waals surface area (Å²) in [5.74, 6) is -0.594. The van der Waals surface area contributed by atoms with E-state index in [1.165, 1.54) is 16.8 Å². The van der Waals surface area contributed by atoms with E-state index in [9.17, 15) is 4.79 Å². The summed E-state index contributed by atoms with van der Waals surface area (Å²) in [7, 11) is 0. The van der Waals surface area contributed by atoms with E-state index in [0.29, 0.717) is 0 Å². The molecule has 0 aliphatic rings. The summed E-state index contributed by atoms with van der Waals surface area (Å²) >= 11 is 1.30. The molecule has 1 N–H and O–H groups in total. The first-order valence-electron chi connectivity index (χ1n) is 2.51. The standard InChI is InChI=1S/C5H5NO3S/c7-3-9-5(8)4-1-10-2-6-4/h1-2,7H,3H2. The van der Waals surface area contributed by atoms with Crippen LogP contribution in [0.2, 0.25) is 0 Å². The Kier molecular flexibility index (Phi) is 2.35. The van der Waals surface area contributed by atoms with E-state index in [4.69, 9.17) is 5.11 Å². The van der Waals surface area contributed by atoms with Crippen LogP contribution in [0.15, 0.2) is 10.9 Å². The number of ether oxygens (including phenoxy) is 1. The first-order valence-corrected chi connectivity index (χ1v) is 3.45. The molecule has 0 amide bonds. The number of aromatic nitrogens is 1. The van der Waals surface area contributed by atoms with Crippen LogP contribution in [0.1, 0.15) is 10.5 Å². The second kappa shape index (κ2) is 3.28. The van der Waals surface area contributed by atoms with Gasteiger partial charge in [-0.2, -0.15) is 0 Å². The Morgan fingerprint density at radius 1 is 1.90 bits per heavy atom. The number of carbonyl (C=O) groups excluding carboxylic acids is 1. The van der Waals surface area contributed by atoms with Crippen LogP contribution in [0.4, 0.5) is 0 Å². The van der Waals surface area contributed by atoms with E-state index in [1.807, 2.05) is 0 Å². The molecular formula is C5H5NO3S. The minimum atomic E-state index is -0.601. The summed E-state index contributed by atoms with van der Waals surface area (Å²) < 4.78 is 4.25. The van der Waals surface area contributed by atoms with Crippen molar-refractivity contribution in [3.05, 3.63) is 16.6 Å². The van der Waals surface area contributed by atoms with Gasteiger partial charge in [0.15, 0.2) is 12.5 Å². The zero-order chi connectivity index (χ0) is 7.40. The molecule has 0 fully saturated rings. The lowest BCUT2D eigenvalue weighted by Crippen LogP contribution is -2.05. The van der Waals surface area contributed by atoms with Gasteiger partial charge in [-0.1, -0.05) is 0 Å². The molecule has 5 heteroatoms. The van der Waals surface area contributed by atoms with Crippen molar-refractivity contribution in [2.75, 3.05) is 6.79 Å². The number of thiazole rings is 1. The Hall–Kier alpha value is -0.940. The molecule has 0 saturated carbocycles. The molecule has 0 aliphatic carbocycles. The second-order valence-electron chi connectivity index (χ2n) is 1.43. The summed E-state index contributed by atoms with van der Waals surface area (Å²) in [6.45, 7) is -0.601. The van der Waals surface area contributed by atoms with Gasteiger partial charge in [-0.05, 0) is 0 Å². The topological polar surface area (TPSA) is 59.4 Å². The molecule has 0 aliphatic heterocycles. The molecule has 0 saturated heterocycles. The van der Waals surface area contributed by atoms with Crippen LogP contribution in [0.25, 0.3) is 0 Å². The van der Waals surface area contributed by atoms with E-state index in [0.717, 1.165) is 0 Å². The number of aliphatic hydroxyl groups is 1. The van der Waals surface area contributed by atoms with Crippen LogP contribution >= 0.6 is 11.3 Å². The Morgan fingerprint density at radius 2 is 2.70 bits per heavy atom. The molecule has 0 radical (unpaired) electrons. The lowest BCUT2D eigenvalue weighted by molar-refractivity contribution is 0.00632. The second-order valence-corrected chi connectivity index (χ2v) is 2.15. The van der Waals surface area contributed by atoms with Gasteiger partial charge in [-0.3, -0.25) is 0 Å². The SMILES string of the molecule is O=C(OCO)c1cscn1. The predicted octanol–water partition coefficient (Wildman–Crippen LogP) is 0.250. The van der Waals surface area contributed by atoms with Crippen LogP contribution in [0.3, 0.4) is 0 Å². The number of carbonyl (C=O) groups is 1. The molecule has 54 valence electrons. The lowest BCUT2D eigenvalue weighted by Gasteiger charge is -1.94. The van der Waals surface area contributed by atoms with Gasteiger partial charge in [0.1, 0.15) is 0 Å². The third kappa shape index (κ3) is 1.52. The van der Waals surface area contributed by atoms with Gasteiger partial charge in [-0.25, -0.2) is 9.78 Å². The van der Waals surface area contributed by atoms with Crippen molar-refractivity contribution in [2.45, 2.75) is 0 Å². The van der Waals surface area contributed by atoms with Crippen molar-refractivity contribution < 1.29 is 14.6 Å². The van der Waals surface area contributed by atoms with Crippen molar-refractivity contribution in [3.8, 4) is 0 Å². The van der Waals surface area contributed by atoms with Crippen LogP contribution in [-0.4, -0.2) is 22.9 Å². The predicted molar refractivity (Wildman–Crippen MR) is 34.6 cm³/mol. The summed E-state index contributed by atoms with van der Waals surface area (Å²) in [6.07, 6.45) is 0. The minimum absolute atomic E-state index is 0.235. The summed E-state index contributed by atoms with van der Waals surface area (Å²) in [5.41, 5.74) is 1.76. The average Bonchev–Trinajstić information content (AvgIpc) is 2.38. The quantitative estimate of drug-likeness (QED) is 0.496. The van der Waals surface area contributed by atoms with Crippen LogP contribution in [0.5, 0.6) is 0 Å². The summed E-state index contributed by atoms with van der Waals surface area (Å²) in [5, 5.41) is 9.72. The van der Waals surface area contributed by atoms with Crippen LogP contribution in [-0.2, 0) is 4.74 Å². The molecular weight excluding hydrogens is 154 g/mol. The fourth-order valence-corrected chi connectivity index (χ4v) is 0.967. The largest absolute Gasteiger partial charge is 0.434 e. The van der Waals surface area contributed by atoms with Crippen molar-refractivity contribution in [2.24, 2.45) is 0 Å². The van der Waals surface area contributed by atoms with E-state index >= 15 is 0 Å². The Balaban J connectivity index is 2.59. The van der Waals surface area contributed by atoms with Gasteiger partial charge in [0.25, 0.3) is 0 Å². The third-order valence-electron chi connectivity index (χ3n) is 0.837. The maximum atomic E-state index is 10.7. The maximum Gasteiger partial charge on any atom is 0.359 e. The highest BCUT2D eigenvalue weighted by atomic mass is 32.1. The highest BCUT2D eigenvalue weighted by molar-refractivity contribution is 7.07. The molecule has 0 aromatic carbocycles. The van der Waals surface area contributed by atoms with Gasteiger partial charge in [0.05, 0.1) is 5.51 Å².